The molecule has 100 valence electrons. The van der Waals surface area contributed by atoms with Crippen molar-refractivity contribution in [2.45, 2.75) is 12.8 Å². The van der Waals surface area contributed by atoms with E-state index in [1.165, 1.54) is 12.1 Å². The Morgan fingerprint density at radius 3 is 2.72 bits per heavy atom. The van der Waals surface area contributed by atoms with Gasteiger partial charge in [-0.15, -0.1) is 0 Å². The third-order valence-corrected chi connectivity index (χ3v) is 2.74. The topological polar surface area (TPSA) is 35.5 Å². The molecule has 1 rings (SSSR count). The normalized spacial score (nSPS) is 10.6. The van der Waals surface area contributed by atoms with Gasteiger partial charge in [-0.1, -0.05) is 15.9 Å². The first-order valence-corrected chi connectivity index (χ1v) is 6.44. The number of ether oxygens (including phenoxy) is 2. The number of Topliss-reactive ketones (excluding diaryl/α,β-unsaturated/α-hetero) is 1. The van der Waals surface area contributed by atoms with E-state index in [1.807, 2.05) is 0 Å². The monoisotopic (exact) mass is 318 g/mol. The number of rotatable bonds is 8. The number of hydrogen-bond acceptors (Lipinski definition) is 3. The number of hydrogen-bond donors (Lipinski definition) is 0. The van der Waals surface area contributed by atoms with E-state index < -0.39 is 0 Å². The Morgan fingerprint density at radius 1 is 1.28 bits per heavy atom. The fraction of sp³-hybridized carbons (Fsp3) is 0.462. The van der Waals surface area contributed by atoms with Gasteiger partial charge in [0.2, 0.25) is 0 Å². The highest BCUT2D eigenvalue weighted by Gasteiger charge is 2.06. The van der Waals surface area contributed by atoms with Crippen molar-refractivity contribution in [3.05, 3.63) is 34.1 Å². The molecule has 3 nitrogen and oxygen atoms in total. The van der Waals surface area contributed by atoms with Crippen LogP contribution in [0.5, 0.6) is 0 Å². The zero-order valence-electron chi connectivity index (χ0n) is 10.2. The van der Waals surface area contributed by atoms with Crippen LogP contribution in [0.1, 0.15) is 12.0 Å². The van der Waals surface area contributed by atoms with E-state index in [2.05, 4.69) is 15.9 Å². The minimum atomic E-state index is -0.344. The summed E-state index contributed by atoms with van der Waals surface area (Å²) in [6, 6.07) is 4.48. The molecule has 0 spiro atoms. The van der Waals surface area contributed by atoms with Crippen molar-refractivity contribution in [2.24, 2.45) is 0 Å². The molecular formula is C13H16BrFO3. The maximum Gasteiger partial charge on any atom is 0.139 e. The van der Waals surface area contributed by atoms with Gasteiger partial charge in [-0.3, -0.25) is 4.79 Å². The van der Waals surface area contributed by atoms with Gasteiger partial charge in [-0.2, -0.15) is 0 Å². The van der Waals surface area contributed by atoms with Crippen molar-refractivity contribution in [2.75, 3.05) is 26.9 Å². The zero-order valence-corrected chi connectivity index (χ0v) is 11.8. The Labute approximate surface area is 114 Å². The second kappa shape index (κ2) is 8.34. The summed E-state index contributed by atoms with van der Waals surface area (Å²) < 4.78 is 23.7. The molecular weight excluding hydrogens is 303 g/mol. The Morgan fingerprint density at radius 2 is 2.06 bits per heavy atom. The molecule has 0 aliphatic rings. The van der Waals surface area contributed by atoms with E-state index in [4.69, 9.17) is 9.47 Å². The molecule has 0 atom stereocenters. The molecule has 0 aromatic heterocycles. The molecule has 0 aliphatic heterocycles. The average molecular weight is 319 g/mol. The number of benzene rings is 1. The minimum absolute atomic E-state index is 0.0323. The van der Waals surface area contributed by atoms with Crippen LogP contribution in [0.4, 0.5) is 4.39 Å². The molecule has 0 saturated carbocycles. The maximum atomic E-state index is 13.1. The third-order valence-electron chi connectivity index (χ3n) is 2.28. The van der Waals surface area contributed by atoms with Crippen molar-refractivity contribution in [3.8, 4) is 0 Å². The van der Waals surface area contributed by atoms with Crippen LogP contribution in [0.15, 0.2) is 22.7 Å². The van der Waals surface area contributed by atoms with Gasteiger partial charge < -0.3 is 9.47 Å². The highest BCUT2D eigenvalue weighted by atomic mass is 79.9. The Hall–Kier alpha value is -0.780. The van der Waals surface area contributed by atoms with Crippen molar-refractivity contribution in [3.63, 3.8) is 0 Å². The summed E-state index contributed by atoms with van der Waals surface area (Å²) in [5.74, 6) is -0.312. The number of carbonyl (C=O) groups is 1. The molecule has 0 amide bonds. The second-order valence-corrected chi connectivity index (χ2v) is 4.76. The van der Waals surface area contributed by atoms with Gasteiger partial charge in [0.15, 0.2) is 0 Å². The lowest BCUT2D eigenvalue weighted by Crippen LogP contribution is -2.09. The van der Waals surface area contributed by atoms with Crippen molar-refractivity contribution >= 4 is 21.7 Å². The predicted molar refractivity (Wildman–Crippen MR) is 70.1 cm³/mol. The quantitative estimate of drug-likeness (QED) is 0.691. The Bertz CT molecular complexity index is 376. The lowest BCUT2D eigenvalue weighted by atomic mass is 10.1. The summed E-state index contributed by atoms with van der Waals surface area (Å²) in [6.07, 6.45) is 0.557. The van der Waals surface area contributed by atoms with Crippen LogP contribution in [0.2, 0.25) is 0 Å². The lowest BCUT2D eigenvalue weighted by molar-refractivity contribution is -0.119. The first-order valence-electron chi connectivity index (χ1n) is 5.65. The maximum absolute atomic E-state index is 13.1. The summed E-state index contributed by atoms with van der Waals surface area (Å²) in [5.41, 5.74) is 0.670. The summed E-state index contributed by atoms with van der Waals surface area (Å²) in [4.78, 5) is 11.6. The van der Waals surface area contributed by atoms with E-state index in [9.17, 15) is 9.18 Å². The Kier molecular flexibility index (Phi) is 7.08. The van der Waals surface area contributed by atoms with E-state index in [1.54, 1.807) is 13.2 Å². The molecule has 0 bridgehead atoms. The first kappa shape index (κ1) is 15.3. The average Bonchev–Trinajstić information content (AvgIpc) is 2.27. The van der Waals surface area contributed by atoms with Gasteiger partial charge >= 0.3 is 0 Å². The Balaban J connectivity index is 2.31. The standard InChI is InChI=1S/C13H16BrFO3/c1-17-4-5-18-3-2-13(16)8-10-6-11(14)9-12(15)7-10/h6-7,9H,2-5,8H2,1H3. The van der Waals surface area contributed by atoms with E-state index in [0.717, 1.165) is 0 Å². The SMILES string of the molecule is COCCOCCC(=O)Cc1cc(F)cc(Br)c1. The van der Waals surface area contributed by atoms with Crippen LogP contribution in [-0.4, -0.2) is 32.7 Å². The van der Waals surface area contributed by atoms with E-state index in [-0.39, 0.29) is 18.0 Å². The molecule has 1 aromatic rings. The molecule has 0 saturated heterocycles. The lowest BCUT2D eigenvalue weighted by Gasteiger charge is -2.04. The molecule has 0 heterocycles. The highest BCUT2D eigenvalue weighted by Crippen LogP contribution is 2.15. The molecule has 18 heavy (non-hydrogen) atoms. The molecule has 0 N–H and O–H groups in total. The third kappa shape index (κ3) is 6.23. The van der Waals surface area contributed by atoms with E-state index in [0.29, 0.717) is 36.3 Å². The fourth-order valence-corrected chi connectivity index (χ4v) is 1.97. The zero-order chi connectivity index (χ0) is 13.4. The summed E-state index contributed by atoms with van der Waals surface area (Å²) in [5, 5.41) is 0. The van der Waals surface area contributed by atoms with Gasteiger partial charge in [0, 0.05) is 24.4 Å². The van der Waals surface area contributed by atoms with Crippen molar-refractivity contribution < 1.29 is 18.7 Å². The molecule has 0 aliphatic carbocycles. The van der Waals surface area contributed by atoms with Crippen LogP contribution in [-0.2, 0) is 20.7 Å². The summed E-state index contributed by atoms with van der Waals surface area (Å²) >= 11 is 3.19. The summed E-state index contributed by atoms with van der Waals surface area (Å²) in [7, 11) is 1.59. The smallest absolute Gasteiger partial charge is 0.139 e. The van der Waals surface area contributed by atoms with Crippen LogP contribution in [0, 0.1) is 5.82 Å². The van der Waals surface area contributed by atoms with Crippen molar-refractivity contribution in [1.82, 2.24) is 0 Å². The minimum Gasteiger partial charge on any atom is -0.382 e. The van der Waals surface area contributed by atoms with Gasteiger partial charge in [-0.25, -0.2) is 4.39 Å². The fourth-order valence-electron chi connectivity index (χ4n) is 1.46. The van der Waals surface area contributed by atoms with Crippen molar-refractivity contribution in [1.29, 1.82) is 0 Å². The first-order chi connectivity index (χ1) is 8.61. The van der Waals surface area contributed by atoms with Crippen LogP contribution < -0.4 is 0 Å². The predicted octanol–water partition coefficient (Wildman–Crippen LogP) is 2.75. The molecule has 0 fully saturated rings. The number of halogens is 2. The highest BCUT2D eigenvalue weighted by molar-refractivity contribution is 9.10. The van der Waals surface area contributed by atoms with E-state index >= 15 is 0 Å². The molecule has 1 aromatic carbocycles. The summed E-state index contributed by atoms with van der Waals surface area (Å²) in [6.45, 7) is 1.37. The van der Waals surface area contributed by atoms with Gasteiger partial charge in [0.1, 0.15) is 11.6 Å². The van der Waals surface area contributed by atoms with Gasteiger partial charge in [-0.05, 0) is 23.8 Å². The number of methoxy groups -OCH3 is 1. The van der Waals surface area contributed by atoms with Crippen LogP contribution in [0.25, 0.3) is 0 Å². The molecule has 5 heteroatoms. The molecule has 0 unspecified atom stereocenters. The second-order valence-electron chi connectivity index (χ2n) is 3.85. The van der Waals surface area contributed by atoms with Gasteiger partial charge in [0.25, 0.3) is 0 Å². The number of carbonyl (C=O) groups excluding carboxylic acids is 1. The van der Waals surface area contributed by atoms with Gasteiger partial charge in [0.05, 0.1) is 19.8 Å². The number of ketones is 1. The van der Waals surface area contributed by atoms with Crippen LogP contribution in [0.3, 0.4) is 0 Å². The largest absolute Gasteiger partial charge is 0.382 e. The van der Waals surface area contributed by atoms with Crippen LogP contribution >= 0.6 is 15.9 Å². The molecule has 0 radical (unpaired) electrons.